The highest BCUT2D eigenvalue weighted by atomic mass is 19.1. The highest BCUT2D eigenvalue weighted by Crippen LogP contribution is 2.16. The van der Waals surface area contributed by atoms with Gasteiger partial charge in [-0.25, -0.2) is 4.39 Å². The summed E-state index contributed by atoms with van der Waals surface area (Å²) in [6, 6.07) is 3.64. The average molecular weight is 272 g/mol. The topological polar surface area (TPSA) is 68.0 Å². The Labute approximate surface area is 114 Å². The second-order valence-corrected chi connectivity index (χ2v) is 4.64. The van der Waals surface area contributed by atoms with Crippen molar-refractivity contribution in [2.45, 2.75) is 20.4 Å². The molecule has 1 aromatic carbocycles. The molecule has 2 aromatic heterocycles. The summed E-state index contributed by atoms with van der Waals surface area (Å²) in [5, 5.41) is 14.5. The number of hydrogen-bond acceptors (Lipinski definition) is 5. The predicted molar refractivity (Wildman–Crippen MR) is 71.8 cm³/mol. The molecule has 102 valence electrons. The lowest BCUT2D eigenvalue weighted by Gasteiger charge is -2.09. The second kappa shape index (κ2) is 4.84. The molecule has 0 saturated heterocycles. The van der Waals surface area contributed by atoms with E-state index in [0.717, 1.165) is 5.56 Å². The van der Waals surface area contributed by atoms with Gasteiger partial charge in [0.05, 0.1) is 12.4 Å². The summed E-state index contributed by atoms with van der Waals surface area (Å²) in [6.45, 7) is 4.06. The SMILES string of the molecule is Cc1cc(CNc2cncc3nnnn23)cc(C)c1F. The minimum atomic E-state index is -0.155. The number of aryl methyl sites for hydroxylation is 2. The maximum absolute atomic E-state index is 13.6. The Balaban J connectivity index is 1.85. The summed E-state index contributed by atoms with van der Waals surface area (Å²) < 4.78 is 15.1. The van der Waals surface area contributed by atoms with E-state index in [-0.39, 0.29) is 5.82 Å². The van der Waals surface area contributed by atoms with Crippen molar-refractivity contribution in [1.82, 2.24) is 25.0 Å². The maximum atomic E-state index is 13.6. The number of nitrogens with zero attached hydrogens (tertiary/aromatic N) is 5. The van der Waals surface area contributed by atoms with E-state index in [2.05, 4.69) is 25.8 Å². The lowest BCUT2D eigenvalue weighted by molar-refractivity contribution is 0.608. The van der Waals surface area contributed by atoms with Gasteiger partial charge < -0.3 is 5.32 Å². The molecular formula is C13H13FN6. The average Bonchev–Trinajstić information content (AvgIpc) is 2.91. The van der Waals surface area contributed by atoms with Gasteiger partial charge in [-0.3, -0.25) is 4.98 Å². The zero-order valence-electron chi connectivity index (χ0n) is 11.1. The summed E-state index contributed by atoms with van der Waals surface area (Å²) in [7, 11) is 0. The fourth-order valence-electron chi connectivity index (χ4n) is 2.13. The number of aromatic nitrogens is 5. The third-order valence-corrected chi connectivity index (χ3v) is 3.08. The minimum Gasteiger partial charge on any atom is -0.365 e. The van der Waals surface area contributed by atoms with E-state index < -0.39 is 0 Å². The Kier molecular flexibility index (Phi) is 3.02. The Hall–Kier alpha value is -2.57. The normalized spacial score (nSPS) is 10.9. The molecule has 0 amide bonds. The van der Waals surface area contributed by atoms with Gasteiger partial charge in [-0.05, 0) is 41.0 Å². The molecule has 7 heteroatoms. The first-order chi connectivity index (χ1) is 9.65. The van der Waals surface area contributed by atoms with E-state index in [9.17, 15) is 4.39 Å². The molecule has 1 N–H and O–H groups in total. The van der Waals surface area contributed by atoms with Crippen molar-refractivity contribution in [2.24, 2.45) is 0 Å². The van der Waals surface area contributed by atoms with Gasteiger partial charge in [-0.1, -0.05) is 12.1 Å². The number of tetrazole rings is 1. The van der Waals surface area contributed by atoms with Crippen LogP contribution in [-0.4, -0.2) is 25.0 Å². The van der Waals surface area contributed by atoms with Gasteiger partial charge in [0.15, 0.2) is 11.5 Å². The van der Waals surface area contributed by atoms with Gasteiger partial charge in [0.2, 0.25) is 0 Å². The van der Waals surface area contributed by atoms with Gasteiger partial charge in [-0.2, -0.15) is 4.52 Å². The van der Waals surface area contributed by atoms with Crippen LogP contribution in [0, 0.1) is 19.7 Å². The van der Waals surface area contributed by atoms with Crippen molar-refractivity contribution in [3.05, 3.63) is 47.0 Å². The first kappa shape index (κ1) is 12.5. The molecule has 2 heterocycles. The van der Waals surface area contributed by atoms with Crippen molar-refractivity contribution in [3.63, 3.8) is 0 Å². The van der Waals surface area contributed by atoms with Crippen LogP contribution in [0.25, 0.3) is 5.65 Å². The Bertz CT molecular complexity index is 743. The highest BCUT2D eigenvalue weighted by Gasteiger charge is 2.06. The van der Waals surface area contributed by atoms with E-state index in [1.807, 2.05) is 12.1 Å². The lowest BCUT2D eigenvalue weighted by atomic mass is 10.1. The molecule has 0 fully saturated rings. The number of benzene rings is 1. The van der Waals surface area contributed by atoms with Gasteiger partial charge in [0.25, 0.3) is 0 Å². The predicted octanol–water partition coefficient (Wildman–Crippen LogP) is 1.89. The van der Waals surface area contributed by atoms with Crippen molar-refractivity contribution in [3.8, 4) is 0 Å². The van der Waals surface area contributed by atoms with Gasteiger partial charge in [0.1, 0.15) is 5.82 Å². The first-order valence-corrected chi connectivity index (χ1v) is 6.17. The van der Waals surface area contributed by atoms with Crippen LogP contribution in [0.15, 0.2) is 24.5 Å². The molecule has 0 saturated carbocycles. The standard InChI is InChI=1S/C13H13FN6/c1-8-3-10(4-9(2)13(8)14)5-16-11-6-15-7-12-17-18-19-20(11)12/h3-4,6-7,16H,5H2,1-2H3. The van der Waals surface area contributed by atoms with Crippen LogP contribution >= 0.6 is 0 Å². The number of rotatable bonds is 3. The van der Waals surface area contributed by atoms with Crippen LogP contribution in [0.3, 0.4) is 0 Å². The summed E-state index contributed by atoms with van der Waals surface area (Å²) in [5.41, 5.74) is 2.84. The van der Waals surface area contributed by atoms with E-state index in [4.69, 9.17) is 0 Å². The van der Waals surface area contributed by atoms with Crippen molar-refractivity contribution in [2.75, 3.05) is 5.32 Å². The molecule has 0 aliphatic carbocycles. The highest BCUT2D eigenvalue weighted by molar-refractivity contribution is 5.44. The Morgan fingerprint density at radius 2 is 1.95 bits per heavy atom. The molecule has 0 aliphatic rings. The molecule has 0 atom stereocenters. The molecule has 0 bridgehead atoms. The zero-order valence-corrected chi connectivity index (χ0v) is 11.1. The van der Waals surface area contributed by atoms with E-state index in [1.165, 1.54) is 0 Å². The first-order valence-electron chi connectivity index (χ1n) is 6.17. The molecule has 6 nitrogen and oxygen atoms in total. The fourth-order valence-corrected chi connectivity index (χ4v) is 2.13. The van der Waals surface area contributed by atoms with E-state index >= 15 is 0 Å². The zero-order chi connectivity index (χ0) is 14.1. The fraction of sp³-hybridized carbons (Fsp3) is 0.231. The third kappa shape index (κ3) is 2.18. The van der Waals surface area contributed by atoms with Crippen molar-refractivity contribution < 1.29 is 4.39 Å². The van der Waals surface area contributed by atoms with Crippen LogP contribution in [-0.2, 0) is 6.54 Å². The van der Waals surface area contributed by atoms with Gasteiger partial charge >= 0.3 is 0 Å². The smallest absolute Gasteiger partial charge is 0.199 e. The monoisotopic (exact) mass is 272 g/mol. The van der Waals surface area contributed by atoms with E-state index in [0.29, 0.717) is 29.1 Å². The number of halogens is 1. The molecule has 3 rings (SSSR count). The molecule has 0 unspecified atom stereocenters. The molecule has 3 aromatic rings. The molecule has 0 spiro atoms. The van der Waals surface area contributed by atoms with Crippen molar-refractivity contribution in [1.29, 1.82) is 0 Å². The molecule has 0 radical (unpaired) electrons. The number of hydrogen-bond donors (Lipinski definition) is 1. The van der Waals surface area contributed by atoms with Crippen LogP contribution in [0.5, 0.6) is 0 Å². The van der Waals surface area contributed by atoms with Crippen LogP contribution < -0.4 is 5.32 Å². The quantitative estimate of drug-likeness (QED) is 0.788. The largest absolute Gasteiger partial charge is 0.365 e. The van der Waals surface area contributed by atoms with Crippen LogP contribution in [0.2, 0.25) is 0 Å². The number of nitrogens with one attached hydrogen (secondary N) is 1. The third-order valence-electron chi connectivity index (χ3n) is 3.08. The molecular weight excluding hydrogens is 259 g/mol. The number of anilines is 1. The van der Waals surface area contributed by atoms with Gasteiger partial charge in [-0.15, -0.1) is 5.10 Å². The molecule has 0 aliphatic heterocycles. The Morgan fingerprint density at radius 3 is 2.70 bits per heavy atom. The summed E-state index contributed by atoms with van der Waals surface area (Å²) in [4.78, 5) is 4.06. The van der Waals surface area contributed by atoms with Gasteiger partial charge in [0, 0.05) is 6.54 Å². The lowest BCUT2D eigenvalue weighted by Crippen LogP contribution is -2.06. The summed E-state index contributed by atoms with van der Waals surface area (Å²) in [6.07, 6.45) is 3.23. The minimum absolute atomic E-state index is 0.155. The van der Waals surface area contributed by atoms with Crippen LogP contribution in [0.4, 0.5) is 10.2 Å². The van der Waals surface area contributed by atoms with Crippen LogP contribution in [0.1, 0.15) is 16.7 Å². The Morgan fingerprint density at radius 1 is 1.20 bits per heavy atom. The second-order valence-electron chi connectivity index (χ2n) is 4.64. The maximum Gasteiger partial charge on any atom is 0.199 e. The van der Waals surface area contributed by atoms with Crippen molar-refractivity contribution >= 4 is 11.5 Å². The molecule has 20 heavy (non-hydrogen) atoms. The number of fused-ring (bicyclic) bond motifs is 1. The summed E-state index contributed by atoms with van der Waals surface area (Å²) in [5.74, 6) is 0.533. The van der Waals surface area contributed by atoms with E-state index in [1.54, 1.807) is 30.8 Å². The summed E-state index contributed by atoms with van der Waals surface area (Å²) >= 11 is 0.